The molecule has 0 unspecified atom stereocenters. The third-order valence-electron chi connectivity index (χ3n) is 3.51. The van der Waals surface area contributed by atoms with E-state index in [1.807, 2.05) is 4.90 Å². The Bertz CT molecular complexity index is 461. The van der Waals surface area contributed by atoms with E-state index in [0.717, 1.165) is 17.3 Å². The van der Waals surface area contributed by atoms with Crippen LogP contribution in [0, 0.1) is 0 Å². The molecule has 104 valence electrons. The average molecular weight is 365 g/mol. The van der Waals surface area contributed by atoms with Gasteiger partial charge in [0.2, 0.25) is 0 Å². The molecule has 0 aliphatic heterocycles. The number of benzene rings is 1. The van der Waals surface area contributed by atoms with Gasteiger partial charge < -0.3 is 4.90 Å². The summed E-state index contributed by atoms with van der Waals surface area (Å²) >= 11 is 15.2. The zero-order valence-corrected chi connectivity index (χ0v) is 13.6. The molecular formula is C14H16BrCl2NO. The number of nitrogens with zero attached hydrogens (tertiary/aromatic N) is 1. The fourth-order valence-electron chi connectivity index (χ4n) is 2.57. The van der Waals surface area contributed by atoms with Gasteiger partial charge in [-0.15, -0.1) is 11.6 Å². The van der Waals surface area contributed by atoms with Crippen LogP contribution >= 0.6 is 39.1 Å². The Morgan fingerprint density at radius 1 is 1.37 bits per heavy atom. The van der Waals surface area contributed by atoms with Gasteiger partial charge in [0.1, 0.15) is 0 Å². The molecule has 0 heterocycles. The molecule has 1 aliphatic carbocycles. The van der Waals surface area contributed by atoms with Gasteiger partial charge in [0.05, 0.1) is 5.56 Å². The Kier molecular flexibility index (Phi) is 5.55. The average Bonchev–Trinajstić information content (AvgIpc) is 2.89. The van der Waals surface area contributed by atoms with E-state index in [-0.39, 0.29) is 5.91 Å². The van der Waals surface area contributed by atoms with Crippen molar-refractivity contribution in [3.05, 3.63) is 33.3 Å². The van der Waals surface area contributed by atoms with Crippen molar-refractivity contribution >= 4 is 45.0 Å². The van der Waals surface area contributed by atoms with Gasteiger partial charge in [-0.05, 0) is 47.0 Å². The van der Waals surface area contributed by atoms with Crippen molar-refractivity contribution in [1.29, 1.82) is 0 Å². The highest BCUT2D eigenvalue weighted by atomic mass is 79.9. The standard InChI is InChI=1S/C14H16BrCl2NO/c15-13-9-10(17)5-6-12(13)14(19)18(8-7-16)11-3-1-2-4-11/h5-6,9,11H,1-4,7-8H2. The van der Waals surface area contributed by atoms with Crippen molar-refractivity contribution in [1.82, 2.24) is 4.90 Å². The lowest BCUT2D eigenvalue weighted by Gasteiger charge is -2.28. The van der Waals surface area contributed by atoms with E-state index in [1.54, 1.807) is 18.2 Å². The second-order valence-corrected chi connectivity index (χ2v) is 6.42. The lowest BCUT2D eigenvalue weighted by atomic mass is 10.1. The molecule has 2 rings (SSSR count). The minimum absolute atomic E-state index is 0.0380. The van der Waals surface area contributed by atoms with Crippen LogP contribution in [0.25, 0.3) is 0 Å². The van der Waals surface area contributed by atoms with Crippen LogP contribution in [-0.2, 0) is 0 Å². The maximum absolute atomic E-state index is 12.6. The molecule has 5 heteroatoms. The summed E-state index contributed by atoms with van der Waals surface area (Å²) in [5.41, 5.74) is 0.654. The van der Waals surface area contributed by atoms with Gasteiger partial charge >= 0.3 is 0 Å². The van der Waals surface area contributed by atoms with Gasteiger partial charge in [-0.2, -0.15) is 0 Å². The fourth-order valence-corrected chi connectivity index (χ4v) is 3.61. The molecule has 0 atom stereocenters. The summed E-state index contributed by atoms with van der Waals surface area (Å²) in [5, 5.41) is 0.619. The van der Waals surface area contributed by atoms with Crippen LogP contribution < -0.4 is 0 Å². The largest absolute Gasteiger partial charge is 0.334 e. The molecule has 0 radical (unpaired) electrons. The summed E-state index contributed by atoms with van der Waals surface area (Å²) in [6.07, 6.45) is 4.54. The minimum atomic E-state index is 0.0380. The molecule has 0 bridgehead atoms. The molecule has 0 spiro atoms. The van der Waals surface area contributed by atoms with Gasteiger partial charge in [0.25, 0.3) is 5.91 Å². The molecule has 1 fully saturated rings. The van der Waals surface area contributed by atoms with Crippen LogP contribution in [0.4, 0.5) is 0 Å². The summed E-state index contributed by atoms with van der Waals surface area (Å²) in [6, 6.07) is 5.59. The Morgan fingerprint density at radius 3 is 2.63 bits per heavy atom. The van der Waals surface area contributed by atoms with Gasteiger partial charge in [0.15, 0.2) is 0 Å². The quantitative estimate of drug-likeness (QED) is 0.707. The molecule has 2 nitrogen and oxygen atoms in total. The van der Waals surface area contributed by atoms with Gasteiger partial charge in [-0.1, -0.05) is 24.4 Å². The topological polar surface area (TPSA) is 20.3 Å². The zero-order chi connectivity index (χ0) is 13.8. The summed E-state index contributed by atoms with van der Waals surface area (Å²) < 4.78 is 0.738. The van der Waals surface area contributed by atoms with E-state index in [9.17, 15) is 4.79 Å². The van der Waals surface area contributed by atoms with Crippen molar-refractivity contribution in [2.24, 2.45) is 0 Å². The van der Waals surface area contributed by atoms with E-state index < -0.39 is 0 Å². The van der Waals surface area contributed by atoms with Crippen molar-refractivity contribution < 1.29 is 4.79 Å². The number of rotatable bonds is 4. The van der Waals surface area contributed by atoms with Gasteiger partial charge in [-0.3, -0.25) is 4.79 Å². The minimum Gasteiger partial charge on any atom is -0.334 e. The summed E-state index contributed by atoms with van der Waals surface area (Å²) in [6.45, 7) is 0.597. The van der Waals surface area contributed by atoms with Crippen molar-refractivity contribution in [2.45, 2.75) is 31.7 Å². The maximum atomic E-state index is 12.6. The molecule has 1 aromatic rings. The van der Waals surface area contributed by atoms with Crippen LogP contribution in [-0.4, -0.2) is 29.3 Å². The first-order valence-electron chi connectivity index (χ1n) is 6.45. The van der Waals surface area contributed by atoms with E-state index in [1.165, 1.54) is 12.8 Å². The maximum Gasteiger partial charge on any atom is 0.255 e. The second-order valence-electron chi connectivity index (χ2n) is 4.75. The third-order valence-corrected chi connectivity index (χ3v) is 4.57. The van der Waals surface area contributed by atoms with Crippen LogP contribution in [0.5, 0.6) is 0 Å². The number of carbonyl (C=O) groups is 1. The Hall–Kier alpha value is -0.250. The van der Waals surface area contributed by atoms with E-state index in [0.29, 0.717) is 29.1 Å². The molecule has 1 amide bonds. The van der Waals surface area contributed by atoms with E-state index in [2.05, 4.69) is 15.9 Å². The highest BCUT2D eigenvalue weighted by molar-refractivity contribution is 9.10. The summed E-state index contributed by atoms with van der Waals surface area (Å²) in [7, 11) is 0. The number of alkyl halides is 1. The predicted molar refractivity (Wildman–Crippen MR) is 83.2 cm³/mol. The monoisotopic (exact) mass is 363 g/mol. The first-order valence-corrected chi connectivity index (χ1v) is 8.16. The van der Waals surface area contributed by atoms with E-state index in [4.69, 9.17) is 23.2 Å². The summed E-state index contributed by atoms with van der Waals surface area (Å²) in [4.78, 5) is 14.6. The Balaban J connectivity index is 2.22. The van der Waals surface area contributed by atoms with Crippen molar-refractivity contribution in [2.75, 3.05) is 12.4 Å². The van der Waals surface area contributed by atoms with Crippen LogP contribution in [0.2, 0.25) is 5.02 Å². The smallest absolute Gasteiger partial charge is 0.255 e. The predicted octanol–water partition coefficient (Wildman–Crippen LogP) is 4.73. The summed E-state index contributed by atoms with van der Waals surface area (Å²) in [5.74, 6) is 0.504. The van der Waals surface area contributed by atoms with Crippen molar-refractivity contribution in [3.63, 3.8) is 0 Å². The van der Waals surface area contributed by atoms with E-state index >= 15 is 0 Å². The molecule has 1 saturated carbocycles. The lowest BCUT2D eigenvalue weighted by Crippen LogP contribution is -2.40. The highest BCUT2D eigenvalue weighted by Gasteiger charge is 2.27. The Morgan fingerprint density at radius 2 is 2.05 bits per heavy atom. The highest BCUT2D eigenvalue weighted by Crippen LogP contribution is 2.28. The van der Waals surface area contributed by atoms with Gasteiger partial charge in [0, 0.05) is 28.0 Å². The molecule has 0 aromatic heterocycles. The normalized spacial score (nSPS) is 15.7. The SMILES string of the molecule is O=C(c1ccc(Cl)cc1Br)N(CCCl)C1CCCC1. The lowest BCUT2D eigenvalue weighted by molar-refractivity contribution is 0.0694. The molecule has 19 heavy (non-hydrogen) atoms. The zero-order valence-electron chi connectivity index (χ0n) is 10.5. The Labute approximate surface area is 132 Å². The van der Waals surface area contributed by atoms with Crippen LogP contribution in [0.3, 0.4) is 0 Å². The number of amides is 1. The molecule has 1 aromatic carbocycles. The first kappa shape index (κ1) is 15.1. The molecule has 1 aliphatic rings. The molecule has 0 N–H and O–H groups in total. The number of carbonyl (C=O) groups excluding carboxylic acids is 1. The molecular weight excluding hydrogens is 349 g/mol. The number of hydrogen-bond acceptors (Lipinski definition) is 1. The van der Waals surface area contributed by atoms with Crippen LogP contribution in [0.15, 0.2) is 22.7 Å². The third kappa shape index (κ3) is 3.65. The first-order chi connectivity index (χ1) is 9.13. The number of halogens is 3. The van der Waals surface area contributed by atoms with Gasteiger partial charge in [-0.25, -0.2) is 0 Å². The second kappa shape index (κ2) is 6.96. The molecule has 0 saturated heterocycles. The van der Waals surface area contributed by atoms with Crippen molar-refractivity contribution in [3.8, 4) is 0 Å². The van der Waals surface area contributed by atoms with Crippen LogP contribution in [0.1, 0.15) is 36.0 Å². The fraction of sp³-hybridized carbons (Fsp3) is 0.500. The number of hydrogen-bond donors (Lipinski definition) is 0.